The van der Waals surface area contributed by atoms with E-state index in [9.17, 15) is 14.4 Å². The molecule has 7 nitrogen and oxygen atoms in total. The predicted octanol–water partition coefficient (Wildman–Crippen LogP) is 4.34. The van der Waals surface area contributed by atoms with Gasteiger partial charge in [0.15, 0.2) is 5.84 Å². The second-order valence-corrected chi connectivity index (χ2v) is 8.32. The van der Waals surface area contributed by atoms with Gasteiger partial charge >= 0.3 is 0 Å². The van der Waals surface area contributed by atoms with Crippen LogP contribution in [0.5, 0.6) is 0 Å². The van der Waals surface area contributed by atoms with Crippen LogP contribution in [0.2, 0.25) is 0 Å². The number of nitrogens with one attached hydrogen (secondary N) is 2. The molecule has 0 fully saturated rings. The molecular weight excluding hydrogens is 448 g/mol. The summed E-state index contributed by atoms with van der Waals surface area (Å²) in [7, 11) is 0. The third-order valence-electron chi connectivity index (χ3n) is 4.99. The molecule has 0 spiro atoms. The van der Waals surface area contributed by atoms with Crippen molar-refractivity contribution < 1.29 is 14.4 Å². The molecule has 0 unspecified atom stereocenters. The van der Waals surface area contributed by atoms with E-state index < -0.39 is 11.8 Å². The van der Waals surface area contributed by atoms with Crippen LogP contribution in [-0.2, 0) is 9.59 Å². The van der Waals surface area contributed by atoms with Crippen molar-refractivity contribution in [1.29, 1.82) is 0 Å². The number of rotatable bonds is 6. The monoisotopic (exact) mass is 470 g/mol. The van der Waals surface area contributed by atoms with Crippen LogP contribution in [0, 0.1) is 0 Å². The molecule has 0 bridgehead atoms. The molecule has 34 heavy (non-hydrogen) atoms. The van der Waals surface area contributed by atoms with Crippen LogP contribution in [-0.4, -0.2) is 34.8 Å². The summed E-state index contributed by atoms with van der Waals surface area (Å²) in [5.74, 6) is -0.778. The Morgan fingerprint density at radius 3 is 2.24 bits per heavy atom. The molecular formula is C26H22N4O3S. The number of thioether (sulfide) groups is 1. The highest BCUT2D eigenvalue weighted by molar-refractivity contribution is 7.98. The van der Waals surface area contributed by atoms with Crippen molar-refractivity contribution in [3.05, 3.63) is 101 Å². The van der Waals surface area contributed by atoms with Gasteiger partial charge in [0, 0.05) is 28.6 Å². The molecule has 170 valence electrons. The SMILES string of the molecule is CSc1ccc(/C=C2\N=C(c3ccccc3)N(NC(=O)c3ccc(NC(C)=O)cc3)C2=O)cc1. The molecule has 0 saturated carbocycles. The zero-order valence-electron chi connectivity index (χ0n) is 18.6. The number of anilines is 1. The Balaban J connectivity index is 1.61. The molecule has 0 radical (unpaired) electrons. The maximum Gasteiger partial charge on any atom is 0.297 e. The van der Waals surface area contributed by atoms with Crippen molar-refractivity contribution in [2.75, 3.05) is 11.6 Å². The molecule has 3 aromatic rings. The fourth-order valence-electron chi connectivity index (χ4n) is 3.33. The van der Waals surface area contributed by atoms with E-state index in [2.05, 4.69) is 15.7 Å². The first-order chi connectivity index (χ1) is 16.4. The molecule has 2 N–H and O–H groups in total. The molecule has 1 aliphatic heterocycles. The Hall–Kier alpha value is -4.17. The quantitative estimate of drug-likeness (QED) is 0.414. The summed E-state index contributed by atoms with van der Waals surface area (Å²) in [4.78, 5) is 43.0. The summed E-state index contributed by atoms with van der Waals surface area (Å²) in [5, 5.41) is 3.82. The highest BCUT2D eigenvalue weighted by Gasteiger charge is 2.33. The van der Waals surface area contributed by atoms with Crippen LogP contribution in [0.3, 0.4) is 0 Å². The van der Waals surface area contributed by atoms with Gasteiger partial charge in [0.05, 0.1) is 0 Å². The van der Waals surface area contributed by atoms with Gasteiger partial charge in [0.1, 0.15) is 5.70 Å². The molecule has 1 aliphatic rings. The molecule has 4 rings (SSSR count). The molecule has 1 heterocycles. The van der Waals surface area contributed by atoms with Gasteiger partial charge in [-0.1, -0.05) is 42.5 Å². The summed E-state index contributed by atoms with van der Waals surface area (Å²) in [5.41, 5.74) is 5.32. The Labute approximate surface area is 201 Å². The molecule has 3 amide bonds. The number of hydrazine groups is 1. The first kappa shape index (κ1) is 23.0. The number of carbonyl (C=O) groups is 3. The summed E-state index contributed by atoms with van der Waals surface area (Å²) >= 11 is 1.64. The van der Waals surface area contributed by atoms with E-state index in [-0.39, 0.29) is 11.6 Å². The van der Waals surface area contributed by atoms with E-state index in [4.69, 9.17) is 0 Å². The lowest BCUT2D eigenvalue weighted by Gasteiger charge is -2.19. The zero-order valence-corrected chi connectivity index (χ0v) is 19.4. The van der Waals surface area contributed by atoms with Gasteiger partial charge in [0.25, 0.3) is 11.8 Å². The van der Waals surface area contributed by atoms with E-state index in [0.29, 0.717) is 22.6 Å². The maximum absolute atomic E-state index is 13.2. The topological polar surface area (TPSA) is 90.9 Å². The average molecular weight is 471 g/mol. The van der Waals surface area contributed by atoms with E-state index in [0.717, 1.165) is 10.5 Å². The number of nitrogens with zero attached hydrogens (tertiary/aromatic N) is 2. The van der Waals surface area contributed by atoms with Crippen LogP contribution in [0.25, 0.3) is 6.08 Å². The minimum Gasteiger partial charge on any atom is -0.326 e. The summed E-state index contributed by atoms with van der Waals surface area (Å²) in [6, 6.07) is 23.4. The van der Waals surface area contributed by atoms with Gasteiger partial charge in [-0.3, -0.25) is 19.8 Å². The van der Waals surface area contributed by atoms with E-state index in [1.807, 2.05) is 60.9 Å². The normalized spacial score (nSPS) is 14.2. The van der Waals surface area contributed by atoms with Crippen LogP contribution >= 0.6 is 11.8 Å². The van der Waals surface area contributed by atoms with Crippen LogP contribution in [0.4, 0.5) is 5.69 Å². The van der Waals surface area contributed by atoms with Crippen molar-refractivity contribution in [2.24, 2.45) is 4.99 Å². The van der Waals surface area contributed by atoms with Crippen LogP contribution in [0.15, 0.2) is 94.4 Å². The lowest BCUT2D eigenvalue weighted by atomic mass is 10.2. The van der Waals surface area contributed by atoms with Crippen molar-refractivity contribution >= 4 is 47.1 Å². The van der Waals surface area contributed by atoms with Crippen molar-refractivity contribution in [1.82, 2.24) is 10.4 Å². The Morgan fingerprint density at radius 2 is 1.62 bits per heavy atom. The lowest BCUT2D eigenvalue weighted by molar-refractivity contribution is -0.124. The fourth-order valence-corrected chi connectivity index (χ4v) is 3.74. The van der Waals surface area contributed by atoms with Gasteiger partial charge in [-0.05, 0) is 54.3 Å². The number of benzene rings is 3. The first-order valence-electron chi connectivity index (χ1n) is 10.5. The molecule has 0 atom stereocenters. The summed E-state index contributed by atoms with van der Waals surface area (Å²) in [6.07, 6.45) is 3.70. The minimum atomic E-state index is -0.475. The molecule has 0 saturated heterocycles. The second kappa shape index (κ2) is 10.2. The molecule has 0 aromatic heterocycles. The van der Waals surface area contributed by atoms with Gasteiger partial charge in [-0.2, -0.15) is 5.01 Å². The zero-order chi connectivity index (χ0) is 24.1. The third-order valence-corrected chi connectivity index (χ3v) is 5.74. The standard InChI is InChI=1S/C26H22N4O3S/c1-17(31)27-21-12-10-20(11-13-21)25(32)29-30-24(19-6-4-3-5-7-19)28-23(26(30)33)16-18-8-14-22(34-2)15-9-18/h3-16H,1-2H3,(H,27,31)(H,29,32)/b23-16-. The van der Waals surface area contributed by atoms with Gasteiger partial charge in [0.2, 0.25) is 5.91 Å². The van der Waals surface area contributed by atoms with Crippen molar-refractivity contribution in [2.45, 2.75) is 11.8 Å². The lowest BCUT2D eigenvalue weighted by Crippen LogP contribution is -2.47. The largest absolute Gasteiger partial charge is 0.326 e. The van der Waals surface area contributed by atoms with E-state index in [1.165, 1.54) is 11.9 Å². The van der Waals surface area contributed by atoms with Crippen molar-refractivity contribution in [3.8, 4) is 0 Å². The van der Waals surface area contributed by atoms with Crippen LogP contribution in [0.1, 0.15) is 28.4 Å². The smallest absolute Gasteiger partial charge is 0.297 e. The molecule has 0 aliphatic carbocycles. The number of amides is 3. The third kappa shape index (κ3) is 5.24. The van der Waals surface area contributed by atoms with Gasteiger partial charge in [-0.25, -0.2) is 4.99 Å². The first-order valence-corrected chi connectivity index (χ1v) is 11.7. The highest BCUT2D eigenvalue weighted by Crippen LogP contribution is 2.22. The fraction of sp³-hybridized carbons (Fsp3) is 0.0769. The Kier molecular flexibility index (Phi) is 6.89. The van der Waals surface area contributed by atoms with Crippen molar-refractivity contribution in [3.63, 3.8) is 0 Å². The number of hydrogen-bond donors (Lipinski definition) is 2. The number of hydrogen-bond acceptors (Lipinski definition) is 5. The second-order valence-electron chi connectivity index (χ2n) is 7.44. The summed E-state index contributed by atoms with van der Waals surface area (Å²) in [6.45, 7) is 1.41. The van der Waals surface area contributed by atoms with Gasteiger partial charge < -0.3 is 5.32 Å². The number of aliphatic imine (C=N–C) groups is 1. The highest BCUT2D eigenvalue weighted by atomic mass is 32.2. The van der Waals surface area contributed by atoms with E-state index in [1.54, 1.807) is 42.1 Å². The van der Waals surface area contributed by atoms with Gasteiger partial charge in [-0.15, -0.1) is 11.8 Å². The van der Waals surface area contributed by atoms with Crippen LogP contribution < -0.4 is 10.7 Å². The molecule has 3 aromatic carbocycles. The summed E-state index contributed by atoms with van der Waals surface area (Å²) < 4.78 is 0. The number of amidine groups is 1. The minimum absolute atomic E-state index is 0.203. The van der Waals surface area contributed by atoms with E-state index >= 15 is 0 Å². The Morgan fingerprint density at radius 1 is 0.941 bits per heavy atom. The Bertz CT molecular complexity index is 1280. The predicted molar refractivity (Wildman–Crippen MR) is 134 cm³/mol. The molecule has 8 heteroatoms. The maximum atomic E-state index is 13.2. The average Bonchev–Trinajstić information content (AvgIpc) is 3.15. The number of carbonyl (C=O) groups excluding carboxylic acids is 3.